The summed E-state index contributed by atoms with van der Waals surface area (Å²) in [6.45, 7) is 9.71. The second-order valence-electron chi connectivity index (χ2n) is 4.82. The minimum Gasteiger partial charge on any atom is -0.379 e. The Hall–Kier alpha value is -0.120. The molecule has 96 valence electrons. The molecule has 3 atom stereocenters. The molecule has 0 aromatic heterocycles. The molecule has 0 bridgehead atoms. The largest absolute Gasteiger partial charge is 0.379 e. The van der Waals surface area contributed by atoms with Gasteiger partial charge < -0.3 is 10.1 Å². The van der Waals surface area contributed by atoms with Gasteiger partial charge in [0.1, 0.15) is 0 Å². The van der Waals surface area contributed by atoms with Crippen LogP contribution < -0.4 is 5.32 Å². The van der Waals surface area contributed by atoms with E-state index >= 15 is 0 Å². The molecule has 1 saturated heterocycles. The highest BCUT2D eigenvalue weighted by Gasteiger charge is 2.29. The molecular formula is C13H28N2O. The van der Waals surface area contributed by atoms with E-state index in [-0.39, 0.29) is 0 Å². The number of likely N-dealkylation sites (N-methyl/N-ethyl adjacent to an activating group) is 1. The highest BCUT2D eigenvalue weighted by molar-refractivity contribution is 4.86. The van der Waals surface area contributed by atoms with Crippen molar-refractivity contribution in [1.29, 1.82) is 0 Å². The Labute approximate surface area is 101 Å². The van der Waals surface area contributed by atoms with Crippen molar-refractivity contribution in [2.24, 2.45) is 0 Å². The Morgan fingerprint density at radius 1 is 1.44 bits per heavy atom. The summed E-state index contributed by atoms with van der Waals surface area (Å²) in [4.78, 5) is 2.63. The fourth-order valence-electron chi connectivity index (χ4n) is 2.82. The monoisotopic (exact) mass is 228 g/mol. The van der Waals surface area contributed by atoms with Crippen molar-refractivity contribution in [3.05, 3.63) is 0 Å². The van der Waals surface area contributed by atoms with Crippen molar-refractivity contribution in [2.45, 2.75) is 58.2 Å². The SMILES string of the molecule is CCCC(NC)C(CC)N1CCOCC1C. The van der Waals surface area contributed by atoms with Crippen LogP contribution in [0.2, 0.25) is 0 Å². The minimum absolute atomic E-state index is 0.561. The summed E-state index contributed by atoms with van der Waals surface area (Å²) in [6.07, 6.45) is 3.73. The van der Waals surface area contributed by atoms with Gasteiger partial charge in [-0.1, -0.05) is 20.3 Å². The van der Waals surface area contributed by atoms with Gasteiger partial charge in [-0.25, -0.2) is 0 Å². The number of nitrogens with one attached hydrogen (secondary N) is 1. The van der Waals surface area contributed by atoms with Gasteiger partial charge in [0.15, 0.2) is 0 Å². The number of hydrogen-bond donors (Lipinski definition) is 1. The third-order valence-corrected chi connectivity index (χ3v) is 3.70. The number of ether oxygens (including phenoxy) is 1. The molecule has 0 aromatic rings. The van der Waals surface area contributed by atoms with E-state index in [1.54, 1.807) is 0 Å². The van der Waals surface area contributed by atoms with Crippen molar-refractivity contribution >= 4 is 0 Å². The Bertz CT molecular complexity index is 187. The first kappa shape index (κ1) is 13.9. The van der Waals surface area contributed by atoms with Crippen molar-refractivity contribution < 1.29 is 4.74 Å². The molecule has 1 aliphatic heterocycles. The van der Waals surface area contributed by atoms with Crippen molar-refractivity contribution in [3.63, 3.8) is 0 Å². The van der Waals surface area contributed by atoms with Crippen LogP contribution in [-0.4, -0.2) is 49.8 Å². The van der Waals surface area contributed by atoms with Gasteiger partial charge in [-0.3, -0.25) is 4.90 Å². The van der Waals surface area contributed by atoms with E-state index in [0.717, 1.165) is 19.8 Å². The first-order chi connectivity index (χ1) is 7.74. The molecule has 1 heterocycles. The average Bonchev–Trinajstić information content (AvgIpc) is 2.31. The first-order valence-electron chi connectivity index (χ1n) is 6.75. The molecule has 3 nitrogen and oxygen atoms in total. The Kier molecular flexibility index (Phi) is 6.32. The maximum Gasteiger partial charge on any atom is 0.0619 e. The molecule has 0 spiro atoms. The van der Waals surface area contributed by atoms with Crippen molar-refractivity contribution in [3.8, 4) is 0 Å². The highest BCUT2D eigenvalue weighted by atomic mass is 16.5. The van der Waals surface area contributed by atoms with Gasteiger partial charge in [0, 0.05) is 24.7 Å². The average molecular weight is 228 g/mol. The summed E-state index contributed by atoms with van der Waals surface area (Å²) in [5, 5.41) is 3.49. The van der Waals surface area contributed by atoms with Crippen LogP contribution >= 0.6 is 0 Å². The van der Waals surface area contributed by atoms with E-state index in [4.69, 9.17) is 4.74 Å². The summed E-state index contributed by atoms with van der Waals surface area (Å²) in [5.41, 5.74) is 0. The third-order valence-electron chi connectivity index (χ3n) is 3.70. The fourth-order valence-corrected chi connectivity index (χ4v) is 2.82. The summed E-state index contributed by atoms with van der Waals surface area (Å²) < 4.78 is 5.52. The highest BCUT2D eigenvalue weighted by Crippen LogP contribution is 2.18. The van der Waals surface area contributed by atoms with Gasteiger partial charge >= 0.3 is 0 Å². The molecule has 0 aromatic carbocycles. The van der Waals surface area contributed by atoms with E-state index in [1.165, 1.54) is 19.3 Å². The summed E-state index contributed by atoms with van der Waals surface area (Å²) in [6, 6.07) is 1.84. The van der Waals surface area contributed by atoms with Crippen LogP contribution in [0.1, 0.15) is 40.0 Å². The van der Waals surface area contributed by atoms with Gasteiger partial charge in [-0.15, -0.1) is 0 Å². The minimum atomic E-state index is 0.561. The summed E-state index contributed by atoms with van der Waals surface area (Å²) in [7, 11) is 2.09. The van der Waals surface area contributed by atoms with E-state index in [0.29, 0.717) is 18.1 Å². The lowest BCUT2D eigenvalue weighted by Gasteiger charge is -2.42. The molecule has 0 saturated carbocycles. The zero-order chi connectivity index (χ0) is 12.0. The quantitative estimate of drug-likeness (QED) is 0.751. The van der Waals surface area contributed by atoms with Gasteiger partial charge in [-0.2, -0.15) is 0 Å². The second kappa shape index (κ2) is 7.25. The number of hydrogen-bond acceptors (Lipinski definition) is 3. The number of nitrogens with zero attached hydrogens (tertiary/aromatic N) is 1. The van der Waals surface area contributed by atoms with Crippen LogP contribution in [0.4, 0.5) is 0 Å². The molecular weight excluding hydrogens is 200 g/mol. The van der Waals surface area contributed by atoms with Gasteiger partial charge in [0.25, 0.3) is 0 Å². The molecule has 1 aliphatic rings. The van der Waals surface area contributed by atoms with Crippen LogP contribution in [0, 0.1) is 0 Å². The number of morpholine rings is 1. The molecule has 1 fully saturated rings. The van der Waals surface area contributed by atoms with E-state index in [2.05, 4.69) is 38.0 Å². The molecule has 3 unspecified atom stereocenters. The predicted molar refractivity (Wildman–Crippen MR) is 68.8 cm³/mol. The van der Waals surface area contributed by atoms with Crippen LogP contribution in [0.3, 0.4) is 0 Å². The van der Waals surface area contributed by atoms with E-state index in [1.807, 2.05) is 0 Å². The fraction of sp³-hybridized carbons (Fsp3) is 1.00. The van der Waals surface area contributed by atoms with E-state index in [9.17, 15) is 0 Å². The topological polar surface area (TPSA) is 24.5 Å². The molecule has 0 aliphatic carbocycles. The maximum atomic E-state index is 5.52. The van der Waals surface area contributed by atoms with Gasteiger partial charge in [-0.05, 0) is 26.8 Å². The van der Waals surface area contributed by atoms with Crippen LogP contribution in [0.5, 0.6) is 0 Å². The van der Waals surface area contributed by atoms with Crippen LogP contribution in [0.15, 0.2) is 0 Å². The molecule has 1 N–H and O–H groups in total. The Balaban J connectivity index is 2.62. The van der Waals surface area contributed by atoms with Crippen LogP contribution in [-0.2, 0) is 4.74 Å². The summed E-state index contributed by atoms with van der Waals surface area (Å²) >= 11 is 0. The Morgan fingerprint density at radius 3 is 2.69 bits per heavy atom. The lowest BCUT2D eigenvalue weighted by molar-refractivity contribution is -0.0307. The molecule has 0 amide bonds. The zero-order valence-corrected chi connectivity index (χ0v) is 11.3. The maximum absolute atomic E-state index is 5.52. The first-order valence-corrected chi connectivity index (χ1v) is 6.75. The molecule has 0 radical (unpaired) electrons. The number of rotatable bonds is 6. The molecule has 3 heteroatoms. The third kappa shape index (κ3) is 3.44. The molecule has 1 rings (SSSR count). The predicted octanol–water partition coefficient (Wildman–Crippen LogP) is 1.87. The van der Waals surface area contributed by atoms with Crippen molar-refractivity contribution in [1.82, 2.24) is 10.2 Å². The smallest absolute Gasteiger partial charge is 0.0619 e. The lowest BCUT2D eigenvalue weighted by atomic mass is 9.97. The van der Waals surface area contributed by atoms with Crippen molar-refractivity contribution in [2.75, 3.05) is 26.8 Å². The van der Waals surface area contributed by atoms with Crippen LogP contribution in [0.25, 0.3) is 0 Å². The van der Waals surface area contributed by atoms with Gasteiger partial charge in [0.05, 0.1) is 13.2 Å². The Morgan fingerprint density at radius 2 is 2.19 bits per heavy atom. The second-order valence-corrected chi connectivity index (χ2v) is 4.82. The molecule has 16 heavy (non-hydrogen) atoms. The lowest BCUT2D eigenvalue weighted by Crippen LogP contribution is -2.56. The van der Waals surface area contributed by atoms with Gasteiger partial charge in [0.2, 0.25) is 0 Å². The normalized spacial score (nSPS) is 26.6. The van der Waals surface area contributed by atoms with E-state index < -0.39 is 0 Å². The summed E-state index contributed by atoms with van der Waals surface area (Å²) in [5.74, 6) is 0. The zero-order valence-electron chi connectivity index (χ0n) is 11.3. The standard InChI is InChI=1S/C13H28N2O/c1-5-7-12(14-4)13(6-2)15-8-9-16-10-11(15)3/h11-14H,5-10H2,1-4H3.